The minimum absolute atomic E-state index is 0.0891. The molecule has 2 rings (SSSR count). The average Bonchev–Trinajstić information content (AvgIpc) is 2.61. The summed E-state index contributed by atoms with van der Waals surface area (Å²) in [6.45, 7) is 2.14. The number of para-hydroxylation sites is 3. The van der Waals surface area contributed by atoms with Crippen molar-refractivity contribution in [1.29, 1.82) is 0 Å². The standard InChI is InChI=1S/C19H22N2O4/c1-15(22)21(14-19(23)20-12-13-24-2)17-10-6-7-11-18(17)25-16-8-4-3-5-9-16/h3-11H,12-14H2,1-2H3,(H,20,23). The van der Waals surface area contributed by atoms with Gasteiger partial charge in [0.1, 0.15) is 12.3 Å². The molecule has 2 aromatic rings. The van der Waals surface area contributed by atoms with Crippen molar-refractivity contribution in [1.82, 2.24) is 5.32 Å². The predicted molar refractivity (Wildman–Crippen MR) is 95.9 cm³/mol. The molecule has 0 saturated heterocycles. The molecule has 132 valence electrons. The lowest BCUT2D eigenvalue weighted by molar-refractivity contribution is -0.123. The van der Waals surface area contributed by atoms with Gasteiger partial charge in [-0.3, -0.25) is 14.5 Å². The lowest BCUT2D eigenvalue weighted by atomic mass is 10.2. The maximum Gasteiger partial charge on any atom is 0.240 e. The van der Waals surface area contributed by atoms with E-state index in [1.54, 1.807) is 25.3 Å². The van der Waals surface area contributed by atoms with E-state index in [-0.39, 0.29) is 18.4 Å². The number of carbonyl (C=O) groups is 2. The van der Waals surface area contributed by atoms with Crippen molar-refractivity contribution in [2.24, 2.45) is 0 Å². The van der Waals surface area contributed by atoms with Crippen LogP contribution in [0, 0.1) is 0 Å². The molecule has 1 N–H and O–H groups in total. The Bertz CT molecular complexity index is 704. The first-order valence-electron chi connectivity index (χ1n) is 7.97. The lowest BCUT2D eigenvalue weighted by Gasteiger charge is -2.23. The van der Waals surface area contributed by atoms with Crippen LogP contribution in [0.1, 0.15) is 6.92 Å². The quantitative estimate of drug-likeness (QED) is 0.749. The van der Waals surface area contributed by atoms with Gasteiger partial charge in [-0.2, -0.15) is 0 Å². The fraction of sp³-hybridized carbons (Fsp3) is 0.263. The minimum atomic E-state index is -0.262. The molecule has 0 saturated carbocycles. The van der Waals surface area contributed by atoms with Crippen LogP contribution in [-0.2, 0) is 14.3 Å². The van der Waals surface area contributed by atoms with Gasteiger partial charge < -0.3 is 14.8 Å². The van der Waals surface area contributed by atoms with Crippen LogP contribution in [0.4, 0.5) is 5.69 Å². The van der Waals surface area contributed by atoms with Gasteiger partial charge in [0.15, 0.2) is 5.75 Å². The average molecular weight is 342 g/mol. The number of hydrogen-bond donors (Lipinski definition) is 1. The Morgan fingerprint density at radius 1 is 1.04 bits per heavy atom. The molecular formula is C19H22N2O4. The SMILES string of the molecule is COCCNC(=O)CN(C(C)=O)c1ccccc1Oc1ccccc1. The van der Waals surface area contributed by atoms with Gasteiger partial charge in [0.25, 0.3) is 0 Å². The van der Waals surface area contributed by atoms with Gasteiger partial charge in [0.05, 0.1) is 12.3 Å². The number of anilines is 1. The van der Waals surface area contributed by atoms with Crippen molar-refractivity contribution < 1.29 is 19.1 Å². The molecule has 0 heterocycles. The Kier molecular flexibility index (Phi) is 6.98. The summed E-state index contributed by atoms with van der Waals surface area (Å²) in [5, 5.41) is 2.71. The fourth-order valence-electron chi connectivity index (χ4n) is 2.24. The third-order valence-corrected chi connectivity index (χ3v) is 3.44. The Morgan fingerprint density at radius 2 is 1.72 bits per heavy atom. The normalized spacial score (nSPS) is 10.2. The maximum absolute atomic E-state index is 12.1. The smallest absolute Gasteiger partial charge is 0.240 e. The topological polar surface area (TPSA) is 67.9 Å². The van der Waals surface area contributed by atoms with Crippen LogP contribution in [0.3, 0.4) is 0 Å². The summed E-state index contributed by atoms with van der Waals surface area (Å²) in [7, 11) is 1.56. The molecule has 0 unspecified atom stereocenters. The summed E-state index contributed by atoms with van der Waals surface area (Å²) in [4.78, 5) is 25.5. The van der Waals surface area contributed by atoms with E-state index in [1.807, 2.05) is 36.4 Å². The van der Waals surface area contributed by atoms with E-state index in [2.05, 4.69) is 5.32 Å². The monoisotopic (exact) mass is 342 g/mol. The molecule has 2 amide bonds. The molecule has 0 spiro atoms. The number of ether oxygens (including phenoxy) is 2. The number of nitrogens with zero attached hydrogens (tertiary/aromatic N) is 1. The van der Waals surface area contributed by atoms with E-state index in [1.165, 1.54) is 11.8 Å². The molecule has 0 radical (unpaired) electrons. The van der Waals surface area contributed by atoms with E-state index < -0.39 is 0 Å². The summed E-state index contributed by atoms with van der Waals surface area (Å²) in [5.41, 5.74) is 0.542. The largest absolute Gasteiger partial charge is 0.455 e. The number of carbonyl (C=O) groups excluding carboxylic acids is 2. The molecule has 0 fully saturated rings. The van der Waals surface area contributed by atoms with Crippen LogP contribution >= 0.6 is 0 Å². The van der Waals surface area contributed by atoms with Crippen molar-refractivity contribution in [3.63, 3.8) is 0 Å². The molecule has 0 aromatic heterocycles. The molecule has 0 aliphatic heterocycles. The zero-order valence-electron chi connectivity index (χ0n) is 14.4. The van der Waals surface area contributed by atoms with Crippen molar-refractivity contribution in [2.75, 3.05) is 31.7 Å². The third-order valence-electron chi connectivity index (χ3n) is 3.44. The molecule has 0 atom stereocenters. The highest BCUT2D eigenvalue weighted by Gasteiger charge is 2.19. The van der Waals surface area contributed by atoms with Crippen LogP contribution < -0.4 is 15.0 Å². The van der Waals surface area contributed by atoms with Crippen LogP contribution in [0.25, 0.3) is 0 Å². The van der Waals surface area contributed by atoms with Crippen molar-refractivity contribution >= 4 is 17.5 Å². The first-order valence-corrected chi connectivity index (χ1v) is 7.97. The number of amides is 2. The predicted octanol–water partition coefficient (Wildman–Crippen LogP) is 2.59. The molecule has 0 bridgehead atoms. The third kappa shape index (κ3) is 5.61. The summed E-state index contributed by atoms with van der Waals surface area (Å²) in [6, 6.07) is 16.4. The molecule has 2 aromatic carbocycles. The van der Waals surface area contributed by atoms with Gasteiger partial charge in [-0.25, -0.2) is 0 Å². The van der Waals surface area contributed by atoms with E-state index in [0.29, 0.717) is 30.3 Å². The van der Waals surface area contributed by atoms with Gasteiger partial charge in [0.2, 0.25) is 11.8 Å². The number of hydrogen-bond acceptors (Lipinski definition) is 4. The molecular weight excluding hydrogens is 320 g/mol. The lowest BCUT2D eigenvalue weighted by Crippen LogP contribution is -2.40. The number of methoxy groups -OCH3 is 1. The Balaban J connectivity index is 2.18. The zero-order chi connectivity index (χ0) is 18.1. The van der Waals surface area contributed by atoms with Crippen LogP contribution in [0.5, 0.6) is 11.5 Å². The Hall–Kier alpha value is -2.86. The highest BCUT2D eigenvalue weighted by atomic mass is 16.5. The first kappa shape index (κ1) is 18.5. The summed E-state index contributed by atoms with van der Waals surface area (Å²) in [6.07, 6.45) is 0. The van der Waals surface area contributed by atoms with Crippen LogP contribution in [0.15, 0.2) is 54.6 Å². The Labute approximate surface area is 147 Å². The van der Waals surface area contributed by atoms with Gasteiger partial charge >= 0.3 is 0 Å². The number of benzene rings is 2. The van der Waals surface area contributed by atoms with Crippen LogP contribution in [-0.4, -0.2) is 38.6 Å². The molecule has 6 heteroatoms. The Morgan fingerprint density at radius 3 is 2.40 bits per heavy atom. The highest BCUT2D eigenvalue weighted by molar-refractivity contribution is 5.98. The zero-order valence-corrected chi connectivity index (χ0v) is 14.4. The first-order chi connectivity index (χ1) is 12.1. The second-order valence-corrected chi connectivity index (χ2v) is 5.33. The van der Waals surface area contributed by atoms with Gasteiger partial charge in [-0.1, -0.05) is 30.3 Å². The molecule has 25 heavy (non-hydrogen) atoms. The number of nitrogens with one attached hydrogen (secondary N) is 1. The second-order valence-electron chi connectivity index (χ2n) is 5.33. The summed E-state index contributed by atoms with van der Waals surface area (Å²) >= 11 is 0. The van der Waals surface area contributed by atoms with E-state index in [4.69, 9.17) is 9.47 Å². The summed E-state index contributed by atoms with van der Waals surface area (Å²) < 4.78 is 10.8. The van der Waals surface area contributed by atoms with Crippen molar-refractivity contribution in [2.45, 2.75) is 6.92 Å². The van der Waals surface area contributed by atoms with Gasteiger partial charge in [-0.05, 0) is 24.3 Å². The highest BCUT2D eigenvalue weighted by Crippen LogP contribution is 2.32. The van der Waals surface area contributed by atoms with Gasteiger partial charge in [-0.15, -0.1) is 0 Å². The minimum Gasteiger partial charge on any atom is -0.455 e. The van der Waals surface area contributed by atoms with E-state index >= 15 is 0 Å². The molecule has 0 aliphatic rings. The van der Waals surface area contributed by atoms with E-state index in [9.17, 15) is 9.59 Å². The molecule has 6 nitrogen and oxygen atoms in total. The number of rotatable bonds is 8. The van der Waals surface area contributed by atoms with Crippen molar-refractivity contribution in [3.05, 3.63) is 54.6 Å². The van der Waals surface area contributed by atoms with Crippen molar-refractivity contribution in [3.8, 4) is 11.5 Å². The maximum atomic E-state index is 12.1. The van der Waals surface area contributed by atoms with E-state index in [0.717, 1.165) is 0 Å². The second kappa shape index (κ2) is 9.44. The summed E-state index contributed by atoms with van der Waals surface area (Å²) in [5.74, 6) is 0.657. The fourth-order valence-corrected chi connectivity index (χ4v) is 2.24. The van der Waals surface area contributed by atoms with Gasteiger partial charge in [0, 0.05) is 20.6 Å². The van der Waals surface area contributed by atoms with Crippen LogP contribution in [0.2, 0.25) is 0 Å². The molecule has 0 aliphatic carbocycles.